The van der Waals surface area contributed by atoms with E-state index in [1.807, 2.05) is 31.3 Å². The molecule has 2 atom stereocenters. The number of carbonyl (C=O) groups is 2. The molecule has 4 heterocycles. The number of aryl methyl sites for hydroxylation is 1. The maximum atomic E-state index is 12.8. The predicted molar refractivity (Wildman–Crippen MR) is 148 cm³/mol. The van der Waals surface area contributed by atoms with E-state index in [1.165, 1.54) is 16.2 Å². The van der Waals surface area contributed by atoms with E-state index in [1.54, 1.807) is 47.1 Å². The fraction of sp³-hybridized carbons (Fsp3) is 0.462. The number of ether oxygens (including phenoxy) is 1. The highest BCUT2D eigenvalue weighted by Crippen LogP contribution is 2.31. The van der Waals surface area contributed by atoms with E-state index in [9.17, 15) is 9.59 Å². The van der Waals surface area contributed by atoms with E-state index in [4.69, 9.17) is 4.74 Å². The molecule has 0 aliphatic carbocycles. The summed E-state index contributed by atoms with van der Waals surface area (Å²) in [5.41, 5.74) is 0.431. The fourth-order valence-corrected chi connectivity index (χ4v) is 4.77. The Morgan fingerprint density at radius 2 is 1.97 bits per heavy atom. The van der Waals surface area contributed by atoms with Crippen molar-refractivity contribution in [3.63, 3.8) is 0 Å². The Bertz CT molecular complexity index is 1280. The number of nitrogens with zero attached hydrogens (tertiary/aromatic N) is 6. The quantitative estimate of drug-likeness (QED) is 0.459. The number of likely N-dealkylation sites (N-methyl/N-ethyl adjacent to an activating group) is 1. The number of rotatable bonds is 7. The van der Waals surface area contributed by atoms with Gasteiger partial charge < -0.3 is 20.3 Å². The molecule has 2 amide bonds. The number of hydrogen-bond acceptors (Lipinski definition) is 10. The molecule has 12 heteroatoms. The van der Waals surface area contributed by atoms with Gasteiger partial charge in [-0.25, -0.2) is 19.7 Å². The highest BCUT2D eigenvalue weighted by molar-refractivity contribution is 7.18. The van der Waals surface area contributed by atoms with E-state index < -0.39 is 17.7 Å². The summed E-state index contributed by atoms with van der Waals surface area (Å²) in [6, 6.07) is 5.06. The van der Waals surface area contributed by atoms with E-state index >= 15 is 0 Å². The van der Waals surface area contributed by atoms with Gasteiger partial charge in [0.05, 0.1) is 4.88 Å². The van der Waals surface area contributed by atoms with Crippen LogP contribution >= 0.6 is 11.3 Å². The van der Waals surface area contributed by atoms with Gasteiger partial charge in [-0.1, -0.05) is 11.3 Å². The number of nitrogens with one attached hydrogen (secondary N) is 2. The molecule has 1 aliphatic rings. The average Bonchev–Trinajstić information content (AvgIpc) is 3.52. The van der Waals surface area contributed by atoms with Crippen LogP contribution in [0.25, 0.3) is 10.4 Å². The molecular formula is C26H34N8O3S. The molecule has 11 nitrogen and oxygen atoms in total. The molecule has 3 aromatic heterocycles. The van der Waals surface area contributed by atoms with Gasteiger partial charge in [-0.3, -0.25) is 14.7 Å². The van der Waals surface area contributed by atoms with Crippen molar-refractivity contribution in [2.75, 3.05) is 30.4 Å². The van der Waals surface area contributed by atoms with Crippen molar-refractivity contribution in [3.8, 4) is 10.4 Å². The maximum absolute atomic E-state index is 12.8. The Morgan fingerprint density at radius 3 is 2.68 bits per heavy atom. The summed E-state index contributed by atoms with van der Waals surface area (Å²) in [6.07, 6.45) is 5.58. The summed E-state index contributed by atoms with van der Waals surface area (Å²) < 4.78 is 5.38. The zero-order valence-corrected chi connectivity index (χ0v) is 23.4. The van der Waals surface area contributed by atoms with Crippen LogP contribution in [-0.4, -0.2) is 74.7 Å². The average molecular weight is 539 g/mol. The molecule has 0 unspecified atom stereocenters. The third-order valence-corrected chi connectivity index (χ3v) is 6.99. The molecule has 0 spiro atoms. The van der Waals surface area contributed by atoms with Crippen molar-refractivity contribution in [2.45, 2.75) is 58.7 Å². The Kier molecular flexibility index (Phi) is 8.10. The van der Waals surface area contributed by atoms with Gasteiger partial charge in [-0.15, -0.1) is 0 Å². The Balaban J connectivity index is 1.36. The van der Waals surface area contributed by atoms with Crippen LogP contribution in [0.4, 0.5) is 21.6 Å². The predicted octanol–water partition coefficient (Wildman–Crippen LogP) is 4.00. The molecule has 0 radical (unpaired) electrons. The van der Waals surface area contributed by atoms with Crippen LogP contribution in [0, 0.1) is 6.92 Å². The fourth-order valence-electron chi connectivity index (χ4n) is 3.94. The first-order valence-electron chi connectivity index (χ1n) is 12.5. The molecule has 4 rings (SSSR count). The van der Waals surface area contributed by atoms with Crippen molar-refractivity contribution < 1.29 is 14.3 Å². The zero-order chi connectivity index (χ0) is 27.4. The van der Waals surface area contributed by atoms with Gasteiger partial charge in [0.15, 0.2) is 5.13 Å². The van der Waals surface area contributed by atoms with Gasteiger partial charge in [0, 0.05) is 50.8 Å². The number of anilines is 3. The van der Waals surface area contributed by atoms with E-state index in [0.29, 0.717) is 18.2 Å². The first kappa shape index (κ1) is 27.2. The molecule has 1 fully saturated rings. The van der Waals surface area contributed by atoms with Crippen molar-refractivity contribution in [1.82, 2.24) is 30.2 Å². The summed E-state index contributed by atoms with van der Waals surface area (Å²) in [7, 11) is 1.57. The topological polar surface area (TPSA) is 125 Å². The summed E-state index contributed by atoms with van der Waals surface area (Å²) in [6.45, 7) is 10.3. The zero-order valence-electron chi connectivity index (χ0n) is 22.6. The summed E-state index contributed by atoms with van der Waals surface area (Å²) in [4.78, 5) is 47.3. The second kappa shape index (κ2) is 11.3. The van der Waals surface area contributed by atoms with Crippen LogP contribution in [0.5, 0.6) is 0 Å². The largest absolute Gasteiger partial charge is 0.444 e. The van der Waals surface area contributed by atoms with Crippen molar-refractivity contribution >= 4 is 40.1 Å². The standard InChI is InChI=1S/C26H34N8O3S/c1-16(33(6)25(36)37-26(3,4)5)23(35)31-19-9-12-34(15-19)22-13-21(29-17(2)30-22)32-24-28-14-20(38-24)18-7-10-27-11-8-18/h7-8,10-11,13-14,16,19H,9,12,15H2,1-6H3,(H,31,35)(H,28,29,30,32)/t16-,19-/m0/s1. The second-order valence-electron chi connectivity index (χ2n) is 10.3. The lowest BCUT2D eigenvalue weighted by atomic mass is 10.2. The maximum Gasteiger partial charge on any atom is 0.410 e. The minimum absolute atomic E-state index is 0.0643. The number of hydrogen-bond donors (Lipinski definition) is 2. The monoisotopic (exact) mass is 538 g/mol. The molecule has 202 valence electrons. The number of aromatic nitrogens is 4. The first-order valence-corrected chi connectivity index (χ1v) is 13.3. The van der Waals surface area contributed by atoms with Crippen LogP contribution < -0.4 is 15.5 Å². The van der Waals surface area contributed by atoms with Gasteiger partial charge in [0.25, 0.3) is 0 Å². The first-order chi connectivity index (χ1) is 18.0. The van der Waals surface area contributed by atoms with Crippen molar-refractivity contribution in [1.29, 1.82) is 0 Å². The van der Waals surface area contributed by atoms with E-state index in [-0.39, 0.29) is 11.9 Å². The molecule has 2 N–H and O–H groups in total. The van der Waals surface area contributed by atoms with Gasteiger partial charge in [0.2, 0.25) is 5.91 Å². The number of amides is 2. The molecule has 0 saturated carbocycles. The van der Waals surface area contributed by atoms with Crippen LogP contribution in [0.3, 0.4) is 0 Å². The lowest BCUT2D eigenvalue weighted by Crippen LogP contribution is -2.50. The lowest BCUT2D eigenvalue weighted by Gasteiger charge is -2.28. The summed E-state index contributed by atoms with van der Waals surface area (Å²) >= 11 is 1.53. The van der Waals surface area contributed by atoms with Crippen LogP contribution in [0.2, 0.25) is 0 Å². The number of thiazole rings is 1. The summed E-state index contributed by atoms with van der Waals surface area (Å²) in [5, 5.41) is 7.09. The van der Waals surface area contributed by atoms with Crippen LogP contribution in [0.1, 0.15) is 39.9 Å². The van der Waals surface area contributed by atoms with Gasteiger partial charge >= 0.3 is 6.09 Å². The second-order valence-corrected chi connectivity index (χ2v) is 11.3. The van der Waals surface area contributed by atoms with Gasteiger partial charge in [0.1, 0.15) is 29.1 Å². The highest BCUT2D eigenvalue weighted by atomic mass is 32.1. The van der Waals surface area contributed by atoms with Crippen LogP contribution in [0.15, 0.2) is 36.8 Å². The Labute approximate surface area is 226 Å². The molecule has 1 aliphatic heterocycles. The molecule has 0 aromatic carbocycles. The molecule has 0 bridgehead atoms. The smallest absolute Gasteiger partial charge is 0.410 e. The normalized spacial score (nSPS) is 16.2. The molecule has 38 heavy (non-hydrogen) atoms. The minimum atomic E-state index is -0.661. The van der Waals surface area contributed by atoms with Crippen molar-refractivity contribution in [3.05, 3.63) is 42.6 Å². The summed E-state index contributed by atoms with van der Waals surface area (Å²) in [5.74, 6) is 1.85. The van der Waals surface area contributed by atoms with Crippen LogP contribution in [-0.2, 0) is 9.53 Å². The number of carbonyl (C=O) groups excluding carboxylic acids is 2. The third kappa shape index (κ3) is 6.94. The Morgan fingerprint density at radius 1 is 1.24 bits per heavy atom. The van der Waals surface area contributed by atoms with Crippen molar-refractivity contribution in [2.24, 2.45) is 0 Å². The van der Waals surface area contributed by atoms with E-state index in [0.717, 1.165) is 34.4 Å². The van der Waals surface area contributed by atoms with E-state index in [2.05, 4.69) is 35.5 Å². The highest BCUT2D eigenvalue weighted by Gasteiger charge is 2.31. The van der Waals surface area contributed by atoms with Gasteiger partial charge in [-0.2, -0.15) is 0 Å². The molecular weight excluding hydrogens is 504 g/mol. The lowest BCUT2D eigenvalue weighted by molar-refractivity contribution is -0.126. The number of pyridine rings is 1. The molecule has 3 aromatic rings. The molecule has 1 saturated heterocycles. The SMILES string of the molecule is Cc1nc(Nc2ncc(-c3ccncc3)s2)cc(N2CC[C@H](NC(=O)[C@H](C)N(C)C(=O)OC(C)(C)C)C2)n1. The minimum Gasteiger partial charge on any atom is -0.444 e. The third-order valence-electron chi connectivity index (χ3n) is 6.03. The Hall–Kier alpha value is -3.80. The van der Waals surface area contributed by atoms with Gasteiger partial charge in [-0.05, 0) is 58.7 Å².